The molecule has 0 heterocycles. The molecule has 6 heteroatoms. The van der Waals surface area contributed by atoms with Crippen LogP contribution in [0, 0.1) is 6.92 Å². The highest BCUT2D eigenvalue weighted by Crippen LogP contribution is 2.34. The molecule has 0 saturated carbocycles. The molecule has 2 aromatic carbocycles. The fourth-order valence-corrected chi connectivity index (χ4v) is 3.57. The molecule has 0 radical (unpaired) electrons. The fourth-order valence-electron chi connectivity index (χ4n) is 1.79. The van der Waals surface area contributed by atoms with Crippen molar-refractivity contribution in [2.45, 2.75) is 18.4 Å². The first-order valence-corrected chi connectivity index (χ1v) is 8.89. The van der Waals surface area contributed by atoms with E-state index in [0.29, 0.717) is 10.0 Å². The lowest BCUT2D eigenvalue weighted by atomic mass is 10.2. The van der Waals surface area contributed by atoms with E-state index in [1.54, 1.807) is 13.0 Å². The Kier molecular flexibility index (Phi) is 4.73. The van der Waals surface area contributed by atoms with Crippen molar-refractivity contribution in [3.05, 3.63) is 58.1 Å². The Labute approximate surface area is 131 Å². The Morgan fingerprint density at radius 1 is 1.20 bits per heavy atom. The second kappa shape index (κ2) is 6.16. The summed E-state index contributed by atoms with van der Waals surface area (Å²) < 4.78 is 29.6. The molecule has 0 saturated heterocycles. The van der Waals surface area contributed by atoms with E-state index >= 15 is 0 Å². The number of aryl methyl sites for hydroxylation is 1. The Hall–Kier alpha value is -1.04. The molecule has 0 amide bonds. The van der Waals surface area contributed by atoms with Crippen LogP contribution in [0.5, 0.6) is 5.75 Å². The SMILES string of the molecule is Cc1cc(Br)cc(S(=O)(=O)Cl)c1OCc1ccccc1. The van der Waals surface area contributed by atoms with E-state index in [1.165, 1.54) is 6.07 Å². The number of ether oxygens (including phenoxy) is 1. The minimum Gasteiger partial charge on any atom is -0.487 e. The summed E-state index contributed by atoms with van der Waals surface area (Å²) in [5, 5.41) is 0. The van der Waals surface area contributed by atoms with E-state index in [1.807, 2.05) is 30.3 Å². The molecule has 0 aromatic heterocycles. The maximum atomic E-state index is 11.6. The molecular formula is C14H12BrClO3S. The summed E-state index contributed by atoms with van der Waals surface area (Å²) in [5.74, 6) is 0.284. The van der Waals surface area contributed by atoms with Gasteiger partial charge in [0.25, 0.3) is 9.05 Å². The minimum atomic E-state index is -3.87. The number of hydrogen-bond acceptors (Lipinski definition) is 3. The third-order valence-corrected chi connectivity index (χ3v) is 4.48. The van der Waals surface area contributed by atoms with Crippen LogP contribution in [0.3, 0.4) is 0 Å². The van der Waals surface area contributed by atoms with Gasteiger partial charge in [0.1, 0.15) is 17.3 Å². The van der Waals surface area contributed by atoms with E-state index in [4.69, 9.17) is 15.4 Å². The topological polar surface area (TPSA) is 43.4 Å². The average Bonchev–Trinajstić information content (AvgIpc) is 2.37. The molecule has 3 nitrogen and oxygen atoms in total. The van der Waals surface area contributed by atoms with Crippen LogP contribution in [0.2, 0.25) is 0 Å². The van der Waals surface area contributed by atoms with Crippen LogP contribution >= 0.6 is 26.6 Å². The van der Waals surface area contributed by atoms with Gasteiger partial charge in [-0.2, -0.15) is 0 Å². The summed E-state index contributed by atoms with van der Waals surface area (Å²) in [5.41, 5.74) is 1.65. The first kappa shape index (κ1) is 15.4. The molecule has 0 N–H and O–H groups in total. The summed E-state index contributed by atoms with van der Waals surface area (Å²) in [4.78, 5) is -0.0260. The smallest absolute Gasteiger partial charge is 0.265 e. The summed E-state index contributed by atoms with van der Waals surface area (Å²) in [6, 6.07) is 12.7. The molecule has 106 valence electrons. The van der Waals surface area contributed by atoms with Crippen molar-refractivity contribution in [3.63, 3.8) is 0 Å². The zero-order valence-electron chi connectivity index (χ0n) is 10.6. The molecule has 2 aromatic rings. The highest BCUT2D eigenvalue weighted by molar-refractivity contribution is 9.10. The van der Waals surface area contributed by atoms with Crippen LogP contribution < -0.4 is 4.74 Å². The predicted molar refractivity (Wildman–Crippen MR) is 82.7 cm³/mol. The quantitative estimate of drug-likeness (QED) is 0.750. The summed E-state index contributed by atoms with van der Waals surface area (Å²) >= 11 is 3.26. The van der Waals surface area contributed by atoms with Gasteiger partial charge in [-0.1, -0.05) is 46.3 Å². The molecular weight excluding hydrogens is 364 g/mol. The Balaban J connectivity index is 2.36. The number of hydrogen-bond donors (Lipinski definition) is 0. The lowest BCUT2D eigenvalue weighted by Crippen LogP contribution is -2.02. The van der Waals surface area contributed by atoms with E-state index in [9.17, 15) is 8.42 Å². The lowest BCUT2D eigenvalue weighted by molar-refractivity contribution is 0.296. The maximum Gasteiger partial charge on any atom is 0.265 e. The van der Waals surface area contributed by atoms with Gasteiger partial charge < -0.3 is 4.74 Å². The van der Waals surface area contributed by atoms with E-state index in [0.717, 1.165) is 5.56 Å². The molecule has 0 aliphatic heterocycles. The minimum absolute atomic E-state index is 0.0260. The van der Waals surface area contributed by atoms with E-state index in [2.05, 4.69) is 15.9 Å². The molecule has 2 rings (SSSR count). The molecule has 0 aliphatic carbocycles. The highest BCUT2D eigenvalue weighted by Gasteiger charge is 2.20. The monoisotopic (exact) mass is 374 g/mol. The molecule has 0 bridgehead atoms. The van der Waals surface area contributed by atoms with Gasteiger partial charge in [-0.05, 0) is 30.2 Å². The molecule has 0 atom stereocenters. The van der Waals surface area contributed by atoms with Gasteiger partial charge >= 0.3 is 0 Å². The zero-order valence-corrected chi connectivity index (χ0v) is 13.8. The normalized spacial score (nSPS) is 11.3. The fraction of sp³-hybridized carbons (Fsp3) is 0.143. The van der Waals surface area contributed by atoms with Crippen molar-refractivity contribution < 1.29 is 13.2 Å². The average molecular weight is 376 g/mol. The molecule has 0 aliphatic rings. The van der Waals surface area contributed by atoms with Crippen molar-refractivity contribution in [1.82, 2.24) is 0 Å². The van der Waals surface area contributed by atoms with Crippen molar-refractivity contribution in [2.75, 3.05) is 0 Å². The molecule has 0 unspecified atom stereocenters. The predicted octanol–water partition coefficient (Wildman–Crippen LogP) is 4.26. The van der Waals surface area contributed by atoms with Gasteiger partial charge in [0, 0.05) is 15.2 Å². The molecule has 20 heavy (non-hydrogen) atoms. The largest absolute Gasteiger partial charge is 0.487 e. The summed E-state index contributed by atoms with van der Waals surface area (Å²) in [6.07, 6.45) is 0. The lowest BCUT2D eigenvalue weighted by Gasteiger charge is -2.13. The Bertz CT molecular complexity index is 715. The van der Waals surface area contributed by atoms with Crippen LogP contribution in [-0.2, 0) is 15.7 Å². The van der Waals surface area contributed by atoms with Crippen LogP contribution in [0.25, 0.3) is 0 Å². The van der Waals surface area contributed by atoms with Crippen LogP contribution in [0.15, 0.2) is 51.8 Å². The van der Waals surface area contributed by atoms with Crippen molar-refractivity contribution >= 4 is 35.7 Å². The number of rotatable bonds is 4. The second-order valence-corrected chi connectivity index (χ2v) is 7.71. The van der Waals surface area contributed by atoms with Gasteiger partial charge in [-0.3, -0.25) is 0 Å². The third-order valence-electron chi connectivity index (χ3n) is 2.69. The van der Waals surface area contributed by atoms with Crippen LogP contribution in [0.4, 0.5) is 0 Å². The van der Waals surface area contributed by atoms with Crippen molar-refractivity contribution in [3.8, 4) is 5.75 Å². The Morgan fingerprint density at radius 3 is 2.45 bits per heavy atom. The standard InChI is InChI=1S/C14H12BrClO3S/c1-10-7-12(15)8-13(20(16,17)18)14(10)19-9-11-5-3-2-4-6-11/h2-8H,9H2,1H3. The van der Waals surface area contributed by atoms with Gasteiger partial charge in [-0.15, -0.1) is 0 Å². The number of benzene rings is 2. The Morgan fingerprint density at radius 2 is 1.85 bits per heavy atom. The molecule has 0 fully saturated rings. The van der Waals surface area contributed by atoms with Gasteiger partial charge in [0.2, 0.25) is 0 Å². The van der Waals surface area contributed by atoms with E-state index in [-0.39, 0.29) is 17.3 Å². The van der Waals surface area contributed by atoms with Crippen LogP contribution in [-0.4, -0.2) is 8.42 Å². The van der Waals surface area contributed by atoms with Crippen molar-refractivity contribution in [1.29, 1.82) is 0 Å². The van der Waals surface area contributed by atoms with Crippen molar-refractivity contribution in [2.24, 2.45) is 0 Å². The molecule has 0 spiro atoms. The maximum absolute atomic E-state index is 11.6. The first-order chi connectivity index (χ1) is 9.38. The number of halogens is 2. The third kappa shape index (κ3) is 3.75. The first-order valence-electron chi connectivity index (χ1n) is 5.79. The second-order valence-electron chi connectivity index (χ2n) is 4.26. The van der Waals surface area contributed by atoms with Crippen LogP contribution in [0.1, 0.15) is 11.1 Å². The summed E-state index contributed by atoms with van der Waals surface area (Å²) in [7, 11) is 1.60. The summed E-state index contributed by atoms with van der Waals surface area (Å²) in [6.45, 7) is 2.05. The van der Waals surface area contributed by atoms with Gasteiger partial charge in [-0.25, -0.2) is 8.42 Å². The van der Waals surface area contributed by atoms with Gasteiger partial charge in [0.05, 0.1) is 0 Å². The highest BCUT2D eigenvalue weighted by atomic mass is 79.9. The zero-order chi connectivity index (χ0) is 14.8. The van der Waals surface area contributed by atoms with Gasteiger partial charge in [0.15, 0.2) is 0 Å². The van der Waals surface area contributed by atoms with E-state index < -0.39 is 9.05 Å².